The van der Waals surface area contributed by atoms with Crippen LogP contribution in [0.5, 0.6) is 0 Å². The molecule has 2 N–H and O–H groups in total. The van der Waals surface area contributed by atoms with Crippen molar-refractivity contribution in [2.75, 3.05) is 20.8 Å². The van der Waals surface area contributed by atoms with Crippen molar-refractivity contribution in [1.29, 1.82) is 0 Å². The number of nitrogens with zero attached hydrogens (tertiary/aromatic N) is 1. The van der Waals surface area contributed by atoms with Crippen LogP contribution >= 0.6 is 0 Å². The van der Waals surface area contributed by atoms with Crippen LogP contribution < -0.4 is 5.73 Å². The van der Waals surface area contributed by atoms with Gasteiger partial charge in [0.25, 0.3) is 0 Å². The lowest BCUT2D eigenvalue weighted by atomic mass is 9.65. The van der Waals surface area contributed by atoms with E-state index in [0.29, 0.717) is 24.5 Å². The van der Waals surface area contributed by atoms with Crippen molar-refractivity contribution in [1.82, 2.24) is 4.90 Å². The summed E-state index contributed by atoms with van der Waals surface area (Å²) in [4.78, 5) is 14.4. The molecule has 2 fully saturated rings. The molecule has 2 bridgehead atoms. The third kappa shape index (κ3) is 3.11. The number of carbonyl (C=O) groups is 1. The molecule has 110 valence electrons. The zero-order chi connectivity index (χ0) is 14.0. The first kappa shape index (κ1) is 14.8. The third-order valence-corrected chi connectivity index (χ3v) is 5.18. The van der Waals surface area contributed by atoms with E-state index in [1.54, 1.807) is 7.11 Å². The molecule has 4 heteroatoms. The average molecular weight is 268 g/mol. The molecular formula is C15H28N2O2. The maximum atomic E-state index is 12.6. The summed E-state index contributed by atoms with van der Waals surface area (Å²) in [6, 6.07) is 0.479. The minimum atomic E-state index is 0.146. The van der Waals surface area contributed by atoms with Gasteiger partial charge >= 0.3 is 0 Å². The van der Waals surface area contributed by atoms with E-state index in [4.69, 9.17) is 10.5 Å². The van der Waals surface area contributed by atoms with Crippen molar-refractivity contribution in [2.24, 2.45) is 23.5 Å². The molecule has 2 saturated carbocycles. The van der Waals surface area contributed by atoms with Gasteiger partial charge in [0.2, 0.25) is 5.91 Å². The van der Waals surface area contributed by atoms with Crippen LogP contribution in [0, 0.1) is 17.8 Å². The molecule has 0 aromatic carbocycles. The van der Waals surface area contributed by atoms with Crippen molar-refractivity contribution in [3.05, 3.63) is 0 Å². The highest BCUT2D eigenvalue weighted by Gasteiger charge is 2.41. The van der Waals surface area contributed by atoms with Gasteiger partial charge in [0.15, 0.2) is 0 Å². The van der Waals surface area contributed by atoms with Gasteiger partial charge in [-0.3, -0.25) is 4.79 Å². The van der Waals surface area contributed by atoms with E-state index in [1.165, 1.54) is 19.3 Å². The monoisotopic (exact) mass is 268 g/mol. The molecule has 0 aliphatic heterocycles. The van der Waals surface area contributed by atoms with E-state index in [-0.39, 0.29) is 17.9 Å². The van der Waals surface area contributed by atoms with Gasteiger partial charge in [-0.1, -0.05) is 6.42 Å². The van der Waals surface area contributed by atoms with Gasteiger partial charge in [0, 0.05) is 26.1 Å². The van der Waals surface area contributed by atoms with Gasteiger partial charge < -0.3 is 15.4 Å². The molecule has 0 saturated heterocycles. The van der Waals surface area contributed by atoms with Crippen LogP contribution in [0.3, 0.4) is 0 Å². The molecule has 19 heavy (non-hydrogen) atoms. The van der Waals surface area contributed by atoms with Crippen LogP contribution in [0.1, 0.15) is 39.0 Å². The second kappa shape index (κ2) is 6.23. The minimum absolute atomic E-state index is 0.146. The van der Waals surface area contributed by atoms with Crippen LogP contribution in [0.2, 0.25) is 0 Å². The van der Waals surface area contributed by atoms with E-state index >= 15 is 0 Å². The fourth-order valence-corrected chi connectivity index (χ4v) is 3.85. The molecule has 0 aromatic heterocycles. The first-order chi connectivity index (χ1) is 9.04. The Morgan fingerprint density at radius 1 is 1.37 bits per heavy atom. The van der Waals surface area contributed by atoms with E-state index in [1.807, 2.05) is 18.9 Å². The van der Waals surface area contributed by atoms with Crippen LogP contribution in [0.15, 0.2) is 0 Å². The van der Waals surface area contributed by atoms with Crippen molar-refractivity contribution >= 4 is 5.91 Å². The normalized spacial score (nSPS) is 35.8. The predicted octanol–water partition coefficient (Wildman–Crippen LogP) is 1.63. The number of hydrogen-bond acceptors (Lipinski definition) is 3. The Labute approximate surface area is 116 Å². The van der Waals surface area contributed by atoms with Gasteiger partial charge in [0.1, 0.15) is 0 Å². The summed E-state index contributed by atoms with van der Waals surface area (Å²) in [5, 5.41) is 0. The van der Waals surface area contributed by atoms with E-state index in [9.17, 15) is 4.79 Å². The number of carbonyl (C=O) groups excluding carboxylic acids is 1. The zero-order valence-electron chi connectivity index (χ0n) is 12.5. The molecule has 0 aromatic rings. The maximum Gasteiger partial charge on any atom is 0.225 e. The summed E-state index contributed by atoms with van der Waals surface area (Å²) >= 11 is 0. The number of hydrogen-bond donors (Lipinski definition) is 1. The zero-order valence-corrected chi connectivity index (χ0v) is 12.5. The van der Waals surface area contributed by atoms with E-state index in [0.717, 1.165) is 12.8 Å². The number of amides is 1. The quantitative estimate of drug-likeness (QED) is 0.843. The number of ether oxygens (including phenoxy) is 1. The Kier molecular flexibility index (Phi) is 4.85. The summed E-state index contributed by atoms with van der Waals surface area (Å²) in [7, 11) is 3.58. The van der Waals surface area contributed by atoms with Crippen molar-refractivity contribution < 1.29 is 9.53 Å². The standard InChI is InChI=1S/C15H28N2O2/c1-10(9-19-3)17(2)15(18)13-7-11-5-4-6-12(8-13)14(11)16/h10-14H,4-9,16H2,1-3H3. The Morgan fingerprint density at radius 2 is 1.95 bits per heavy atom. The maximum absolute atomic E-state index is 12.6. The molecular weight excluding hydrogens is 240 g/mol. The molecule has 3 atom stereocenters. The fraction of sp³-hybridized carbons (Fsp3) is 0.933. The van der Waals surface area contributed by atoms with Crippen molar-refractivity contribution in [3.8, 4) is 0 Å². The van der Waals surface area contributed by atoms with E-state index < -0.39 is 0 Å². The van der Waals surface area contributed by atoms with Gasteiger partial charge in [-0.25, -0.2) is 0 Å². The lowest BCUT2D eigenvalue weighted by molar-refractivity contribution is -0.140. The highest BCUT2D eigenvalue weighted by Crippen LogP contribution is 2.42. The van der Waals surface area contributed by atoms with Crippen LogP contribution in [0.4, 0.5) is 0 Å². The molecule has 1 amide bonds. The first-order valence-electron chi connectivity index (χ1n) is 7.55. The molecule has 4 nitrogen and oxygen atoms in total. The number of rotatable bonds is 4. The Bertz CT molecular complexity index is 307. The largest absolute Gasteiger partial charge is 0.383 e. The van der Waals surface area contributed by atoms with Crippen molar-refractivity contribution in [3.63, 3.8) is 0 Å². The average Bonchev–Trinajstić information content (AvgIpc) is 2.37. The number of likely N-dealkylation sites (N-methyl/N-ethyl adjacent to an activating group) is 1. The lowest BCUT2D eigenvalue weighted by Gasteiger charge is -2.44. The van der Waals surface area contributed by atoms with Gasteiger partial charge in [-0.05, 0) is 44.4 Å². The van der Waals surface area contributed by atoms with Gasteiger partial charge in [-0.2, -0.15) is 0 Å². The SMILES string of the molecule is COCC(C)N(C)C(=O)C1CC2CCCC(C1)C2N. The number of methoxy groups -OCH3 is 1. The highest BCUT2D eigenvalue weighted by atomic mass is 16.5. The minimum Gasteiger partial charge on any atom is -0.383 e. The van der Waals surface area contributed by atoms with Crippen LogP contribution in [-0.4, -0.2) is 43.7 Å². The van der Waals surface area contributed by atoms with Gasteiger partial charge in [0.05, 0.1) is 12.6 Å². The molecule has 2 rings (SSSR count). The molecule has 3 unspecified atom stereocenters. The smallest absolute Gasteiger partial charge is 0.225 e. The summed E-state index contributed by atoms with van der Waals surface area (Å²) in [5.74, 6) is 1.59. The van der Waals surface area contributed by atoms with E-state index in [2.05, 4.69) is 0 Å². The molecule has 2 aliphatic rings. The first-order valence-corrected chi connectivity index (χ1v) is 7.55. The van der Waals surface area contributed by atoms with Crippen LogP contribution in [-0.2, 0) is 9.53 Å². The number of nitrogens with two attached hydrogens (primary N) is 1. The predicted molar refractivity (Wildman–Crippen MR) is 75.6 cm³/mol. The Hall–Kier alpha value is -0.610. The van der Waals surface area contributed by atoms with Crippen molar-refractivity contribution in [2.45, 2.75) is 51.1 Å². The topological polar surface area (TPSA) is 55.6 Å². The Balaban J connectivity index is 1.96. The fourth-order valence-electron chi connectivity index (χ4n) is 3.85. The number of fused-ring (bicyclic) bond motifs is 2. The highest BCUT2D eigenvalue weighted by molar-refractivity contribution is 5.79. The van der Waals surface area contributed by atoms with Crippen LogP contribution in [0.25, 0.3) is 0 Å². The summed E-state index contributed by atoms with van der Waals surface area (Å²) in [6.45, 7) is 2.64. The molecule has 0 heterocycles. The molecule has 0 radical (unpaired) electrons. The lowest BCUT2D eigenvalue weighted by Crippen LogP contribution is -2.50. The molecule has 0 spiro atoms. The van der Waals surface area contributed by atoms with Gasteiger partial charge in [-0.15, -0.1) is 0 Å². The Morgan fingerprint density at radius 3 is 2.47 bits per heavy atom. The third-order valence-electron chi connectivity index (χ3n) is 5.18. The second-order valence-electron chi connectivity index (χ2n) is 6.45. The summed E-state index contributed by atoms with van der Waals surface area (Å²) in [6.07, 6.45) is 5.68. The molecule has 2 aliphatic carbocycles. The summed E-state index contributed by atoms with van der Waals surface area (Å²) < 4.78 is 5.14. The second-order valence-corrected chi connectivity index (χ2v) is 6.45. The summed E-state index contributed by atoms with van der Waals surface area (Å²) in [5.41, 5.74) is 6.29.